The van der Waals surface area contributed by atoms with Crippen molar-refractivity contribution in [3.8, 4) is 11.5 Å². The maximum absolute atomic E-state index is 6.44. The first-order valence-electron chi connectivity index (χ1n) is 6.64. The Kier molecular flexibility index (Phi) is 3.50. The number of nitrogens with two attached hydrogens (primary N) is 1. The van der Waals surface area contributed by atoms with Crippen LogP contribution in [0.1, 0.15) is 17.2 Å². The summed E-state index contributed by atoms with van der Waals surface area (Å²) in [6.45, 7) is 0. The number of pyridine rings is 1. The van der Waals surface area contributed by atoms with Crippen molar-refractivity contribution in [2.24, 2.45) is 5.73 Å². The Bertz CT molecular complexity index is 767. The Balaban J connectivity index is 2.11. The lowest BCUT2D eigenvalue weighted by Crippen LogP contribution is -2.13. The predicted octanol–water partition coefficient (Wildman–Crippen LogP) is 2.40. The second-order valence-electron chi connectivity index (χ2n) is 4.72. The van der Waals surface area contributed by atoms with E-state index in [1.54, 1.807) is 20.4 Å². The fourth-order valence-electron chi connectivity index (χ4n) is 2.44. The number of methoxy groups -OCH3 is 2. The van der Waals surface area contributed by atoms with Crippen LogP contribution in [-0.4, -0.2) is 23.8 Å². The molecule has 1 atom stereocenters. The zero-order valence-electron chi connectivity index (χ0n) is 12.0. The van der Waals surface area contributed by atoms with Crippen LogP contribution in [0.4, 0.5) is 0 Å². The standard InChI is InChI=1S/C16H17N3O2/c1-20-11-6-7-15(21-2)12(9-11)16(17)13-10-18-19-8-4-3-5-14(13)19/h3-10,16H,17H2,1-2H3. The van der Waals surface area contributed by atoms with Crippen molar-refractivity contribution in [2.45, 2.75) is 6.04 Å². The van der Waals surface area contributed by atoms with Gasteiger partial charge in [-0.25, -0.2) is 4.52 Å². The van der Waals surface area contributed by atoms with Gasteiger partial charge >= 0.3 is 0 Å². The molecule has 0 amide bonds. The van der Waals surface area contributed by atoms with Crippen molar-refractivity contribution < 1.29 is 9.47 Å². The third-order valence-electron chi connectivity index (χ3n) is 3.56. The van der Waals surface area contributed by atoms with Crippen LogP contribution in [0, 0.1) is 0 Å². The highest BCUT2D eigenvalue weighted by molar-refractivity contribution is 5.58. The molecule has 0 spiro atoms. The van der Waals surface area contributed by atoms with Crippen molar-refractivity contribution in [2.75, 3.05) is 14.2 Å². The van der Waals surface area contributed by atoms with Gasteiger partial charge in [0.15, 0.2) is 0 Å². The smallest absolute Gasteiger partial charge is 0.124 e. The lowest BCUT2D eigenvalue weighted by atomic mass is 9.99. The Hall–Kier alpha value is -2.53. The van der Waals surface area contributed by atoms with Crippen LogP contribution in [0.25, 0.3) is 5.52 Å². The van der Waals surface area contributed by atoms with Crippen LogP contribution in [0.2, 0.25) is 0 Å². The molecule has 0 bridgehead atoms. The molecule has 5 nitrogen and oxygen atoms in total. The van der Waals surface area contributed by atoms with E-state index in [-0.39, 0.29) is 6.04 Å². The van der Waals surface area contributed by atoms with Gasteiger partial charge in [0.25, 0.3) is 0 Å². The second-order valence-corrected chi connectivity index (χ2v) is 4.72. The first-order chi connectivity index (χ1) is 10.2. The average molecular weight is 283 g/mol. The van der Waals surface area contributed by atoms with E-state index in [9.17, 15) is 0 Å². The highest BCUT2D eigenvalue weighted by atomic mass is 16.5. The molecule has 0 aliphatic heterocycles. The molecule has 2 aromatic heterocycles. The number of aromatic nitrogens is 2. The molecule has 0 aliphatic rings. The summed E-state index contributed by atoms with van der Waals surface area (Å²) in [5.41, 5.74) is 9.24. The number of nitrogens with zero attached hydrogens (tertiary/aromatic N) is 2. The van der Waals surface area contributed by atoms with E-state index in [0.29, 0.717) is 0 Å². The van der Waals surface area contributed by atoms with Crippen LogP contribution < -0.4 is 15.2 Å². The SMILES string of the molecule is COc1ccc(OC)c(C(N)c2cnn3ccccc23)c1. The maximum atomic E-state index is 6.44. The summed E-state index contributed by atoms with van der Waals surface area (Å²) in [5.74, 6) is 1.48. The summed E-state index contributed by atoms with van der Waals surface area (Å²) in [6.07, 6.45) is 3.69. The minimum absolute atomic E-state index is 0.338. The number of hydrogen-bond donors (Lipinski definition) is 1. The molecular formula is C16H17N3O2. The van der Waals surface area contributed by atoms with Crippen LogP contribution in [0.3, 0.4) is 0 Å². The lowest BCUT2D eigenvalue weighted by Gasteiger charge is -2.16. The first-order valence-corrected chi connectivity index (χ1v) is 6.64. The van der Waals surface area contributed by atoms with Gasteiger partial charge in [-0.2, -0.15) is 5.10 Å². The van der Waals surface area contributed by atoms with Crippen molar-refractivity contribution in [3.05, 3.63) is 59.9 Å². The van der Waals surface area contributed by atoms with Gasteiger partial charge in [0.05, 0.1) is 32.0 Å². The Labute approximate surface area is 122 Å². The van der Waals surface area contributed by atoms with Crippen LogP contribution in [0.15, 0.2) is 48.8 Å². The van der Waals surface area contributed by atoms with Crippen molar-refractivity contribution in [1.82, 2.24) is 9.61 Å². The molecule has 5 heteroatoms. The van der Waals surface area contributed by atoms with E-state index in [0.717, 1.165) is 28.1 Å². The number of fused-ring (bicyclic) bond motifs is 1. The molecule has 3 aromatic rings. The third kappa shape index (κ3) is 2.32. The van der Waals surface area contributed by atoms with Gasteiger partial charge in [-0.3, -0.25) is 0 Å². The van der Waals surface area contributed by atoms with Gasteiger partial charge in [0.2, 0.25) is 0 Å². The Morgan fingerprint density at radius 3 is 2.71 bits per heavy atom. The molecule has 0 saturated heterocycles. The topological polar surface area (TPSA) is 61.8 Å². The minimum Gasteiger partial charge on any atom is -0.497 e. The van der Waals surface area contributed by atoms with Crippen LogP contribution >= 0.6 is 0 Å². The van der Waals surface area contributed by atoms with E-state index < -0.39 is 0 Å². The number of ether oxygens (including phenoxy) is 2. The maximum Gasteiger partial charge on any atom is 0.124 e. The molecule has 2 N–H and O–H groups in total. The number of benzene rings is 1. The molecule has 2 heterocycles. The molecule has 1 unspecified atom stereocenters. The molecule has 21 heavy (non-hydrogen) atoms. The molecule has 108 valence electrons. The van der Waals surface area contributed by atoms with E-state index in [4.69, 9.17) is 15.2 Å². The Morgan fingerprint density at radius 1 is 1.10 bits per heavy atom. The number of hydrogen-bond acceptors (Lipinski definition) is 4. The summed E-state index contributed by atoms with van der Waals surface area (Å²) in [7, 11) is 3.26. The molecule has 0 aliphatic carbocycles. The highest BCUT2D eigenvalue weighted by Crippen LogP contribution is 2.33. The Morgan fingerprint density at radius 2 is 1.95 bits per heavy atom. The first kappa shape index (κ1) is 13.5. The summed E-state index contributed by atoms with van der Waals surface area (Å²) >= 11 is 0. The number of rotatable bonds is 4. The zero-order chi connectivity index (χ0) is 14.8. The summed E-state index contributed by atoms with van der Waals surface area (Å²) in [4.78, 5) is 0. The largest absolute Gasteiger partial charge is 0.497 e. The third-order valence-corrected chi connectivity index (χ3v) is 3.56. The van der Waals surface area contributed by atoms with Gasteiger partial charge in [0.1, 0.15) is 11.5 Å². The highest BCUT2D eigenvalue weighted by Gasteiger charge is 2.18. The second kappa shape index (κ2) is 5.46. The van der Waals surface area contributed by atoms with Gasteiger partial charge in [-0.05, 0) is 30.3 Å². The van der Waals surface area contributed by atoms with Crippen LogP contribution in [0.5, 0.6) is 11.5 Å². The lowest BCUT2D eigenvalue weighted by molar-refractivity contribution is 0.397. The quantitative estimate of drug-likeness (QED) is 0.798. The minimum atomic E-state index is -0.338. The summed E-state index contributed by atoms with van der Waals surface area (Å²) < 4.78 is 12.5. The normalized spacial score (nSPS) is 12.3. The van der Waals surface area contributed by atoms with E-state index in [2.05, 4.69) is 5.10 Å². The van der Waals surface area contributed by atoms with Gasteiger partial charge in [-0.15, -0.1) is 0 Å². The molecule has 3 rings (SSSR count). The van der Waals surface area contributed by atoms with Crippen molar-refractivity contribution in [1.29, 1.82) is 0 Å². The fourth-order valence-corrected chi connectivity index (χ4v) is 2.44. The predicted molar refractivity (Wildman–Crippen MR) is 80.8 cm³/mol. The monoisotopic (exact) mass is 283 g/mol. The van der Waals surface area contributed by atoms with Gasteiger partial charge in [0, 0.05) is 17.3 Å². The summed E-state index contributed by atoms with van der Waals surface area (Å²) in [6, 6.07) is 11.2. The zero-order valence-corrected chi connectivity index (χ0v) is 12.0. The van der Waals surface area contributed by atoms with E-state index >= 15 is 0 Å². The molecular weight excluding hydrogens is 266 g/mol. The molecule has 0 radical (unpaired) electrons. The van der Waals surface area contributed by atoms with Gasteiger partial charge < -0.3 is 15.2 Å². The van der Waals surface area contributed by atoms with E-state index in [1.807, 2.05) is 47.1 Å². The van der Waals surface area contributed by atoms with Crippen molar-refractivity contribution in [3.63, 3.8) is 0 Å². The molecule has 0 saturated carbocycles. The van der Waals surface area contributed by atoms with Gasteiger partial charge in [-0.1, -0.05) is 6.07 Å². The van der Waals surface area contributed by atoms with E-state index in [1.165, 1.54) is 0 Å². The fraction of sp³-hybridized carbons (Fsp3) is 0.188. The molecule has 1 aromatic carbocycles. The van der Waals surface area contributed by atoms with Crippen LogP contribution in [-0.2, 0) is 0 Å². The average Bonchev–Trinajstić information content (AvgIpc) is 2.97. The van der Waals surface area contributed by atoms with Crippen molar-refractivity contribution >= 4 is 5.52 Å². The molecule has 0 fully saturated rings. The summed E-state index contributed by atoms with van der Waals surface area (Å²) in [5, 5.41) is 4.33.